The number of hydrogen-bond donors (Lipinski definition) is 1. The molecule has 4 fully saturated rings. The molecule has 5 atom stereocenters. The zero-order valence-electron chi connectivity index (χ0n) is 33.6. The second kappa shape index (κ2) is 15.4. The number of rotatable bonds is 13. The van der Waals surface area contributed by atoms with Crippen molar-refractivity contribution in [2.45, 2.75) is 102 Å². The molecule has 0 radical (unpaired) electrons. The van der Waals surface area contributed by atoms with E-state index in [1.165, 1.54) is 0 Å². The van der Waals surface area contributed by atoms with E-state index in [9.17, 15) is 27.6 Å². The molecule has 0 spiro atoms. The van der Waals surface area contributed by atoms with Crippen LogP contribution in [0.5, 0.6) is 11.5 Å². The third kappa shape index (κ3) is 7.83. The van der Waals surface area contributed by atoms with Crippen LogP contribution >= 0.6 is 0 Å². The molecule has 3 amide bonds. The minimum absolute atomic E-state index is 0.00475. The number of ether oxygens (including phenoxy) is 2. The standard InChI is InChI=1S/C44H53N5O8S/c1-5-27-24-44(27,42(53)47-58(54,55)29-12-13-29)25-36(50)35-21-28(26-49(35)41(52)32(43(2,3)4)22-39(51)48-18-9-6-10-19-48)57-38-23-34(33-11-7-8-17-45-33)46-40-30(38)14-15-37-31(40)16-20-56-37/h5,7-8,11,14-15,17,23,27-29,32,35H,1,6,9-10,12-13,16,18-22,24-26H2,2-4H3,(H,47,53)/t27-,28-,32-,35+,44-/m1/s1. The lowest BCUT2D eigenvalue weighted by molar-refractivity contribution is -0.148. The molecule has 5 aliphatic rings. The molecule has 308 valence electrons. The Balaban J connectivity index is 1.12. The van der Waals surface area contributed by atoms with Crippen LogP contribution in [0.4, 0.5) is 0 Å². The van der Waals surface area contributed by atoms with Gasteiger partial charge in [-0.05, 0) is 74.1 Å². The summed E-state index contributed by atoms with van der Waals surface area (Å²) in [4.78, 5) is 70.0. The topological polar surface area (TPSA) is 165 Å². The number of hydrogen-bond acceptors (Lipinski definition) is 10. The summed E-state index contributed by atoms with van der Waals surface area (Å²) >= 11 is 0. The van der Waals surface area contributed by atoms with Crippen molar-refractivity contribution in [1.29, 1.82) is 0 Å². The number of fused-ring (bicyclic) bond motifs is 3. The Kier molecular flexibility index (Phi) is 10.6. The van der Waals surface area contributed by atoms with Crippen molar-refractivity contribution in [3.8, 4) is 22.9 Å². The van der Waals surface area contributed by atoms with Gasteiger partial charge in [0.05, 0.1) is 52.7 Å². The van der Waals surface area contributed by atoms with Crippen LogP contribution in [0.2, 0.25) is 0 Å². The maximum absolute atomic E-state index is 14.9. The molecule has 0 unspecified atom stereocenters. The minimum atomic E-state index is -3.86. The van der Waals surface area contributed by atoms with Crippen LogP contribution in [0.3, 0.4) is 0 Å². The van der Waals surface area contributed by atoms with Gasteiger partial charge in [-0.3, -0.25) is 28.9 Å². The molecule has 14 heteroatoms. The summed E-state index contributed by atoms with van der Waals surface area (Å²) in [6.07, 6.45) is 7.37. The Hall–Kier alpha value is -4.85. The number of piperidine rings is 1. The molecule has 2 aliphatic carbocycles. The van der Waals surface area contributed by atoms with Gasteiger partial charge in [-0.15, -0.1) is 6.58 Å². The predicted molar refractivity (Wildman–Crippen MR) is 217 cm³/mol. The monoisotopic (exact) mass is 811 g/mol. The van der Waals surface area contributed by atoms with Gasteiger partial charge >= 0.3 is 0 Å². The highest BCUT2D eigenvalue weighted by Crippen LogP contribution is 2.57. The second-order valence-electron chi connectivity index (χ2n) is 17.8. The van der Waals surface area contributed by atoms with E-state index in [4.69, 9.17) is 14.5 Å². The number of carbonyl (C=O) groups is 4. The molecule has 8 rings (SSSR count). The normalized spacial score (nSPS) is 24.8. The van der Waals surface area contributed by atoms with E-state index in [1.54, 1.807) is 17.2 Å². The Labute approximate surface area is 340 Å². The van der Waals surface area contributed by atoms with E-state index in [2.05, 4.69) is 16.3 Å². The summed E-state index contributed by atoms with van der Waals surface area (Å²) in [5, 5.41) is 0.152. The molecule has 1 N–H and O–H groups in total. The largest absolute Gasteiger partial charge is 0.493 e. The number of pyridine rings is 2. The Morgan fingerprint density at radius 2 is 1.86 bits per heavy atom. The summed E-state index contributed by atoms with van der Waals surface area (Å²) in [5.41, 5.74) is 1.04. The van der Waals surface area contributed by atoms with Gasteiger partial charge in [-0.25, -0.2) is 13.4 Å². The summed E-state index contributed by atoms with van der Waals surface area (Å²) in [6.45, 7) is 11.6. The zero-order chi connectivity index (χ0) is 41.0. The van der Waals surface area contributed by atoms with Crippen LogP contribution in [-0.2, 0) is 35.6 Å². The van der Waals surface area contributed by atoms with Crippen molar-refractivity contribution in [3.63, 3.8) is 0 Å². The quantitative estimate of drug-likeness (QED) is 0.221. The first kappa shape index (κ1) is 40.0. The van der Waals surface area contributed by atoms with Gasteiger partial charge in [-0.2, -0.15) is 0 Å². The predicted octanol–water partition coefficient (Wildman–Crippen LogP) is 5.40. The van der Waals surface area contributed by atoms with Crippen LogP contribution in [0.25, 0.3) is 22.3 Å². The molecular formula is C44H53N5O8S. The summed E-state index contributed by atoms with van der Waals surface area (Å²) in [5.74, 6) is -1.31. The number of sulfonamides is 1. The third-order valence-corrected chi connectivity index (χ3v) is 14.6. The van der Waals surface area contributed by atoms with E-state index in [-0.39, 0.29) is 49.8 Å². The van der Waals surface area contributed by atoms with Gasteiger partial charge in [0.15, 0.2) is 5.78 Å². The van der Waals surface area contributed by atoms with E-state index in [1.807, 2.05) is 62.1 Å². The molecule has 13 nitrogen and oxygen atoms in total. The number of aromatic nitrogens is 2. The average molecular weight is 812 g/mol. The van der Waals surface area contributed by atoms with Gasteiger partial charge in [0.1, 0.15) is 17.6 Å². The van der Waals surface area contributed by atoms with Gasteiger partial charge in [0.2, 0.25) is 27.7 Å². The van der Waals surface area contributed by atoms with Crippen molar-refractivity contribution < 1.29 is 37.1 Å². The lowest BCUT2D eigenvalue weighted by atomic mass is 9.77. The van der Waals surface area contributed by atoms with Gasteiger partial charge < -0.3 is 19.3 Å². The SMILES string of the molecule is C=C[C@@H]1C[C@]1(CC(=O)[C@@H]1C[C@@H](Oc2cc(-c3ccccn3)nc3c4c(ccc23)OCC4)CN1C(=O)[C@@H](CC(=O)N1CCCCC1)C(C)(C)C)C(=O)NS(=O)(=O)C1CC1. The maximum atomic E-state index is 14.9. The third-order valence-electron chi connectivity index (χ3n) is 12.7. The molecule has 3 aromatic rings. The second-order valence-corrected chi connectivity index (χ2v) is 19.8. The van der Waals surface area contributed by atoms with Crippen LogP contribution in [-0.4, -0.2) is 95.3 Å². The molecule has 0 bridgehead atoms. The highest BCUT2D eigenvalue weighted by atomic mass is 32.2. The summed E-state index contributed by atoms with van der Waals surface area (Å²) < 4.78 is 40.7. The maximum Gasteiger partial charge on any atom is 0.240 e. The first-order valence-corrected chi connectivity index (χ1v) is 22.2. The van der Waals surface area contributed by atoms with Gasteiger partial charge in [0, 0.05) is 62.0 Å². The molecule has 3 aliphatic heterocycles. The average Bonchev–Trinajstić information content (AvgIpc) is 4.09. The first-order valence-electron chi connectivity index (χ1n) is 20.7. The van der Waals surface area contributed by atoms with Crippen LogP contribution in [0.1, 0.15) is 84.1 Å². The number of likely N-dealkylation sites (tertiary alicyclic amines) is 2. The Morgan fingerprint density at radius 1 is 1.09 bits per heavy atom. The molecule has 2 saturated carbocycles. The Bertz CT molecular complexity index is 2250. The molecule has 2 aromatic heterocycles. The fourth-order valence-corrected chi connectivity index (χ4v) is 10.4. The van der Waals surface area contributed by atoms with Crippen molar-refractivity contribution in [1.82, 2.24) is 24.5 Å². The number of allylic oxidation sites excluding steroid dienone is 1. The molecule has 5 heterocycles. The number of nitrogens with zero attached hydrogens (tertiary/aromatic N) is 4. The molecule has 2 saturated heterocycles. The van der Waals surface area contributed by atoms with Crippen LogP contribution in [0.15, 0.2) is 55.3 Å². The van der Waals surface area contributed by atoms with Crippen molar-refractivity contribution in [3.05, 3.63) is 60.8 Å². The number of ketones is 1. The molecular weight excluding hydrogens is 759 g/mol. The zero-order valence-corrected chi connectivity index (χ0v) is 34.4. The van der Waals surface area contributed by atoms with Crippen molar-refractivity contribution >= 4 is 44.4 Å². The number of nitrogens with one attached hydrogen (secondary N) is 1. The van der Waals surface area contributed by atoms with Crippen molar-refractivity contribution in [2.24, 2.45) is 22.7 Å². The van der Waals surface area contributed by atoms with E-state index in [0.717, 1.165) is 41.5 Å². The summed E-state index contributed by atoms with van der Waals surface area (Å²) in [6, 6.07) is 10.3. The number of amides is 3. The fourth-order valence-electron chi connectivity index (χ4n) is 9.01. The van der Waals surface area contributed by atoms with Crippen LogP contribution in [0, 0.1) is 22.7 Å². The minimum Gasteiger partial charge on any atom is -0.493 e. The fraction of sp³-hybridized carbons (Fsp3) is 0.545. The van der Waals surface area contributed by atoms with Crippen molar-refractivity contribution in [2.75, 3.05) is 26.2 Å². The molecule has 1 aromatic carbocycles. The molecule has 58 heavy (non-hydrogen) atoms. The number of Topliss-reactive ketones (excluding diaryl/α,β-unsaturated/α-hetero) is 1. The number of benzene rings is 1. The van der Waals surface area contributed by atoms with Crippen LogP contribution < -0.4 is 14.2 Å². The van der Waals surface area contributed by atoms with E-state index in [0.29, 0.717) is 56.1 Å². The summed E-state index contributed by atoms with van der Waals surface area (Å²) in [7, 11) is -3.86. The highest BCUT2D eigenvalue weighted by molar-refractivity contribution is 7.90. The lowest BCUT2D eigenvalue weighted by Gasteiger charge is -2.36. The Morgan fingerprint density at radius 3 is 2.53 bits per heavy atom. The number of carbonyl (C=O) groups excluding carboxylic acids is 4. The van der Waals surface area contributed by atoms with Gasteiger partial charge in [0.25, 0.3) is 0 Å². The lowest BCUT2D eigenvalue weighted by Crippen LogP contribution is -2.49. The van der Waals surface area contributed by atoms with E-state index < -0.39 is 56.0 Å². The highest BCUT2D eigenvalue weighted by Gasteiger charge is 2.61. The van der Waals surface area contributed by atoms with Gasteiger partial charge in [-0.1, -0.05) is 32.9 Å². The first-order chi connectivity index (χ1) is 27.7. The smallest absolute Gasteiger partial charge is 0.240 e. The van der Waals surface area contributed by atoms with E-state index >= 15 is 0 Å².